The summed E-state index contributed by atoms with van der Waals surface area (Å²) < 4.78 is 0.880. The number of rotatable bonds is 2. The zero-order valence-electron chi connectivity index (χ0n) is 9.13. The van der Waals surface area contributed by atoms with Crippen molar-refractivity contribution in [2.45, 2.75) is 6.04 Å². The van der Waals surface area contributed by atoms with E-state index in [-0.39, 0.29) is 6.04 Å². The van der Waals surface area contributed by atoms with Gasteiger partial charge < -0.3 is 5.73 Å². The van der Waals surface area contributed by atoms with E-state index in [4.69, 9.17) is 40.5 Å². The molecule has 5 heteroatoms. The molecule has 94 valence electrons. The normalized spacial score (nSPS) is 12.5. The largest absolute Gasteiger partial charge is 0.320 e. The first kappa shape index (κ1) is 14.2. The van der Waals surface area contributed by atoms with E-state index in [0.717, 1.165) is 15.6 Å². The Morgan fingerprint density at radius 2 is 1.67 bits per heavy atom. The summed E-state index contributed by atoms with van der Waals surface area (Å²) in [5.74, 6) is 0. The minimum absolute atomic E-state index is 0.343. The Morgan fingerprint density at radius 3 is 2.28 bits per heavy atom. The SMILES string of the molecule is NC(c1cc(Cl)cc(Br)c1)c1ccc(Cl)cc1Cl. The third-order valence-electron chi connectivity index (χ3n) is 2.54. The fourth-order valence-corrected chi connectivity index (χ4v) is 3.10. The number of nitrogens with two attached hydrogens (primary N) is 1. The number of benzene rings is 2. The first-order valence-electron chi connectivity index (χ1n) is 5.14. The minimum atomic E-state index is -0.343. The summed E-state index contributed by atoms with van der Waals surface area (Å²) in [5, 5.41) is 1.76. The van der Waals surface area contributed by atoms with E-state index in [1.54, 1.807) is 18.2 Å². The van der Waals surface area contributed by atoms with Gasteiger partial charge >= 0.3 is 0 Å². The summed E-state index contributed by atoms with van der Waals surface area (Å²) in [7, 11) is 0. The van der Waals surface area contributed by atoms with Crippen LogP contribution in [0.1, 0.15) is 17.2 Å². The van der Waals surface area contributed by atoms with Crippen LogP contribution < -0.4 is 5.73 Å². The maximum atomic E-state index is 6.20. The molecule has 0 saturated heterocycles. The van der Waals surface area contributed by atoms with E-state index >= 15 is 0 Å². The Labute approximate surface area is 129 Å². The van der Waals surface area contributed by atoms with Crippen molar-refractivity contribution in [2.75, 3.05) is 0 Å². The first-order chi connectivity index (χ1) is 8.47. The van der Waals surface area contributed by atoms with Crippen LogP contribution in [0.25, 0.3) is 0 Å². The molecule has 0 aliphatic carbocycles. The molecule has 1 atom stereocenters. The average Bonchev–Trinajstić information content (AvgIpc) is 2.26. The zero-order chi connectivity index (χ0) is 13.3. The highest BCUT2D eigenvalue weighted by Crippen LogP contribution is 2.31. The molecule has 1 nitrogen and oxygen atoms in total. The molecule has 2 N–H and O–H groups in total. The van der Waals surface area contributed by atoms with Crippen LogP contribution in [0.5, 0.6) is 0 Å². The molecule has 18 heavy (non-hydrogen) atoms. The Kier molecular flexibility index (Phi) is 4.57. The van der Waals surface area contributed by atoms with Crippen molar-refractivity contribution in [1.29, 1.82) is 0 Å². The van der Waals surface area contributed by atoms with Crippen molar-refractivity contribution in [1.82, 2.24) is 0 Å². The van der Waals surface area contributed by atoms with Crippen molar-refractivity contribution >= 4 is 50.7 Å². The zero-order valence-corrected chi connectivity index (χ0v) is 13.0. The molecule has 0 saturated carbocycles. The molecule has 1 unspecified atom stereocenters. The summed E-state index contributed by atoms with van der Waals surface area (Å²) >= 11 is 21.4. The van der Waals surface area contributed by atoms with Gasteiger partial charge in [0.2, 0.25) is 0 Å². The molecular weight excluding hydrogens is 356 g/mol. The highest BCUT2D eigenvalue weighted by atomic mass is 79.9. The Hall–Kier alpha value is -0.250. The van der Waals surface area contributed by atoms with Crippen molar-refractivity contribution in [3.8, 4) is 0 Å². The lowest BCUT2D eigenvalue weighted by Crippen LogP contribution is -2.12. The average molecular weight is 365 g/mol. The van der Waals surface area contributed by atoms with Crippen LogP contribution in [0.15, 0.2) is 40.9 Å². The fraction of sp³-hybridized carbons (Fsp3) is 0.0769. The second-order valence-corrected chi connectivity index (χ2v) is 6.04. The van der Waals surface area contributed by atoms with Gasteiger partial charge in [0.15, 0.2) is 0 Å². The molecule has 0 aliphatic heterocycles. The van der Waals surface area contributed by atoms with Gasteiger partial charge in [-0.05, 0) is 41.5 Å². The van der Waals surface area contributed by atoms with Crippen LogP contribution in [-0.2, 0) is 0 Å². The van der Waals surface area contributed by atoms with Gasteiger partial charge in [0.05, 0.1) is 6.04 Å². The second-order valence-electron chi connectivity index (χ2n) is 3.85. The van der Waals surface area contributed by atoms with E-state index in [2.05, 4.69) is 15.9 Å². The lowest BCUT2D eigenvalue weighted by molar-refractivity contribution is 0.871. The van der Waals surface area contributed by atoms with Gasteiger partial charge in [-0.15, -0.1) is 0 Å². The van der Waals surface area contributed by atoms with Crippen LogP contribution in [-0.4, -0.2) is 0 Å². The van der Waals surface area contributed by atoms with Gasteiger partial charge in [0, 0.05) is 19.5 Å². The highest BCUT2D eigenvalue weighted by Gasteiger charge is 2.14. The molecule has 0 bridgehead atoms. The molecule has 0 fully saturated rings. The number of hydrogen-bond acceptors (Lipinski definition) is 1. The predicted molar refractivity (Wildman–Crippen MR) is 81.6 cm³/mol. The smallest absolute Gasteiger partial charge is 0.0567 e. The summed E-state index contributed by atoms with van der Waals surface area (Å²) in [6.45, 7) is 0. The summed E-state index contributed by atoms with van der Waals surface area (Å²) in [4.78, 5) is 0. The Balaban J connectivity index is 2.44. The summed E-state index contributed by atoms with van der Waals surface area (Å²) in [5.41, 5.74) is 7.90. The van der Waals surface area contributed by atoms with Crippen molar-refractivity contribution in [3.05, 3.63) is 67.1 Å². The maximum Gasteiger partial charge on any atom is 0.0567 e. The second kappa shape index (κ2) is 5.81. The van der Waals surface area contributed by atoms with E-state index in [1.807, 2.05) is 18.2 Å². The minimum Gasteiger partial charge on any atom is -0.320 e. The van der Waals surface area contributed by atoms with Crippen LogP contribution in [0, 0.1) is 0 Å². The van der Waals surface area contributed by atoms with E-state index < -0.39 is 0 Å². The highest BCUT2D eigenvalue weighted by molar-refractivity contribution is 9.10. The lowest BCUT2D eigenvalue weighted by Gasteiger charge is -2.15. The van der Waals surface area contributed by atoms with Crippen molar-refractivity contribution in [3.63, 3.8) is 0 Å². The molecule has 0 aromatic heterocycles. The molecular formula is C13H9BrCl3N. The fourth-order valence-electron chi connectivity index (χ4n) is 1.69. The molecule has 0 aliphatic rings. The van der Waals surface area contributed by atoms with Crippen molar-refractivity contribution < 1.29 is 0 Å². The van der Waals surface area contributed by atoms with Crippen LogP contribution in [0.3, 0.4) is 0 Å². The molecule has 0 amide bonds. The van der Waals surface area contributed by atoms with Crippen molar-refractivity contribution in [2.24, 2.45) is 5.73 Å². The van der Waals surface area contributed by atoms with Gasteiger partial charge in [-0.2, -0.15) is 0 Å². The van der Waals surface area contributed by atoms with Crippen LogP contribution >= 0.6 is 50.7 Å². The maximum absolute atomic E-state index is 6.20. The standard InChI is InChI=1S/C13H9BrCl3N/c14-8-3-7(4-10(16)5-8)13(18)11-2-1-9(15)6-12(11)17/h1-6,13H,18H2. The molecule has 2 aromatic rings. The van der Waals surface area contributed by atoms with Gasteiger partial charge in [-0.3, -0.25) is 0 Å². The lowest BCUT2D eigenvalue weighted by atomic mass is 10.00. The van der Waals surface area contributed by atoms with Gasteiger partial charge in [0.25, 0.3) is 0 Å². The molecule has 0 heterocycles. The molecule has 0 radical (unpaired) electrons. The predicted octanol–water partition coefficient (Wildman–Crippen LogP) is 5.46. The quantitative estimate of drug-likeness (QED) is 0.752. The summed E-state index contributed by atoms with van der Waals surface area (Å²) in [6.07, 6.45) is 0. The van der Waals surface area contributed by atoms with E-state index in [0.29, 0.717) is 15.1 Å². The monoisotopic (exact) mass is 363 g/mol. The Bertz CT molecular complexity index is 566. The van der Waals surface area contributed by atoms with Gasteiger partial charge in [-0.1, -0.05) is 56.8 Å². The molecule has 2 rings (SSSR count). The van der Waals surface area contributed by atoms with Gasteiger partial charge in [-0.25, -0.2) is 0 Å². The number of hydrogen-bond donors (Lipinski definition) is 1. The Morgan fingerprint density at radius 1 is 0.944 bits per heavy atom. The van der Waals surface area contributed by atoms with E-state index in [1.165, 1.54) is 0 Å². The third kappa shape index (κ3) is 3.19. The van der Waals surface area contributed by atoms with Crippen LogP contribution in [0.4, 0.5) is 0 Å². The third-order valence-corrected chi connectivity index (χ3v) is 3.78. The molecule has 0 spiro atoms. The molecule has 2 aromatic carbocycles. The first-order valence-corrected chi connectivity index (χ1v) is 7.06. The topological polar surface area (TPSA) is 26.0 Å². The number of halogens is 4. The van der Waals surface area contributed by atoms with Crippen LogP contribution in [0.2, 0.25) is 15.1 Å². The summed E-state index contributed by atoms with van der Waals surface area (Å²) in [6, 6.07) is 10.5. The van der Waals surface area contributed by atoms with Gasteiger partial charge in [0.1, 0.15) is 0 Å². The van der Waals surface area contributed by atoms with E-state index in [9.17, 15) is 0 Å².